The highest BCUT2D eigenvalue weighted by molar-refractivity contribution is 7.85. The molecule has 1 saturated heterocycles. The summed E-state index contributed by atoms with van der Waals surface area (Å²) in [5.41, 5.74) is 0. The van der Waals surface area contributed by atoms with Crippen molar-refractivity contribution in [3.63, 3.8) is 0 Å². The van der Waals surface area contributed by atoms with E-state index in [9.17, 15) is 9.00 Å². The van der Waals surface area contributed by atoms with Crippen LogP contribution in [0.5, 0.6) is 11.5 Å². The molecule has 1 aromatic carbocycles. The number of nitrogens with zero attached hydrogens (tertiary/aromatic N) is 1. The molecule has 0 saturated carbocycles. The average Bonchev–Trinajstić information content (AvgIpc) is 2.59. The highest BCUT2D eigenvalue weighted by atomic mass is 35.5. The molecule has 0 bridgehead atoms. The topological polar surface area (TPSA) is 67.9 Å². The van der Waals surface area contributed by atoms with Gasteiger partial charge >= 0.3 is 0 Å². The molecule has 6 nitrogen and oxygen atoms in total. The first kappa shape index (κ1) is 19.0. The van der Waals surface area contributed by atoms with Crippen LogP contribution in [0.3, 0.4) is 0 Å². The Morgan fingerprint density at radius 3 is 2.83 bits per heavy atom. The van der Waals surface area contributed by atoms with Crippen molar-refractivity contribution in [2.24, 2.45) is 0 Å². The van der Waals surface area contributed by atoms with Gasteiger partial charge in [0.15, 0.2) is 11.5 Å². The first-order chi connectivity index (χ1) is 11.1. The number of benzene rings is 1. The monoisotopic (exact) mass is 374 g/mol. The summed E-state index contributed by atoms with van der Waals surface area (Å²) in [5, 5.41) is 3.31. The molecule has 0 spiro atoms. The summed E-state index contributed by atoms with van der Waals surface area (Å²) in [6, 6.07) is 5.63. The summed E-state index contributed by atoms with van der Waals surface area (Å²) < 4.78 is 23.4. The van der Waals surface area contributed by atoms with Crippen LogP contribution in [0.1, 0.15) is 13.3 Å². The largest absolute Gasteiger partial charge is 0.486 e. The van der Waals surface area contributed by atoms with E-state index < -0.39 is 10.8 Å². The van der Waals surface area contributed by atoms with Gasteiger partial charge in [0.2, 0.25) is 5.91 Å². The predicted molar refractivity (Wildman–Crippen MR) is 94.6 cm³/mol. The molecule has 1 aromatic rings. The Kier molecular flexibility index (Phi) is 6.89. The number of hydrogen-bond donors (Lipinski definition) is 1. The SMILES string of the molecule is CC1CN(C(=O)CCS(=O)c2ccc3c(c2)OCCO3)CCN1.Cl. The minimum Gasteiger partial charge on any atom is -0.486 e. The van der Waals surface area contributed by atoms with E-state index in [0.717, 1.165) is 19.6 Å². The van der Waals surface area contributed by atoms with Gasteiger partial charge in [-0.1, -0.05) is 0 Å². The highest BCUT2D eigenvalue weighted by Gasteiger charge is 2.21. The molecule has 1 N–H and O–H groups in total. The number of carbonyl (C=O) groups is 1. The Hall–Kier alpha value is -1.31. The number of ether oxygens (including phenoxy) is 2. The van der Waals surface area contributed by atoms with Crippen molar-refractivity contribution < 1.29 is 18.5 Å². The third-order valence-corrected chi connectivity index (χ3v) is 5.35. The van der Waals surface area contributed by atoms with Gasteiger partial charge in [0.1, 0.15) is 13.2 Å². The highest BCUT2D eigenvalue weighted by Crippen LogP contribution is 2.31. The summed E-state index contributed by atoms with van der Waals surface area (Å²) in [6.45, 7) is 5.36. The van der Waals surface area contributed by atoms with Crippen molar-refractivity contribution in [3.8, 4) is 11.5 Å². The molecule has 2 aliphatic heterocycles. The van der Waals surface area contributed by atoms with Crippen LogP contribution in [0.4, 0.5) is 0 Å². The molecule has 134 valence electrons. The van der Waals surface area contributed by atoms with Crippen LogP contribution < -0.4 is 14.8 Å². The third kappa shape index (κ3) is 4.62. The summed E-state index contributed by atoms with van der Waals surface area (Å²) in [7, 11) is -1.21. The third-order valence-electron chi connectivity index (χ3n) is 4.00. The lowest BCUT2D eigenvalue weighted by Crippen LogP contribution is -2.51. The normalized spacial score (nSPS) is 20.9. The zero-order chi connectivity index (χ0) is 16.2. The van der Waals surface area contributed by atoms with Gasteiger partial charge < -0.3 is 19.7 Å². The van der Waals surface area contributed by atoms with E-state index >= 15 is 0 Å². The quantitative estimate of drug-likeness (QED) is 0.857. The Bertz CT molecular complexity index is 614. The van der Waals surface area contributed by atoms with Gasteiger partial charge in [0.25, 0.3) is 0 Å². The Morgan fingerprint density at radius 2 is 2.08 bits per heavy atom. The van der Waals surface area contributed by atoms with E-state index in [4.69, 9.17) is 9.47 Å². The number of halogens is 1. The summed E-state index contributed by atoms with van der Waals surface area (Å²) in [5.74, 6) is 1.72. The number of hydrogen-bond acceptors (Lipinski definition) is 5. The Morgan fingerprint density at radius 1 is 1.33 bits per heavy atom. The van der Waals surface area contributed by atoms with Crippen molar-refractivity contribution in [1.29, 1.82) is 0 Å². The van der Waals surface area contributed by atoms with Gasteiger partial charge in [-0.05, 0) is 19.1 Å². The first-order valence-corrected chi connectivity index (χ1v) is 9.24. The molecule has 2 aliphatic rings. The maximum atomic E-state index is 12.4. The lowest BCUT2D eigenvalue weighted by atomic mass is 10.2. The van der Waals surface area contributed by atoms with E-state index in [2.05, 4.69) is 12.2 Å². The maximum absolute atomic E-state index is 12.4. The second-order valence-electron chi connectivity index (χ2n) is 5.80. The van der Waals surface area contributed by atoms with Crippen molar-refractivity contribution in [2.75, 3.05) is 38.6 Å². The summed E-state index contributed by atoms with van der Waals surface area (Å²) in [4.78, 5) is 14.8. The molecule has 8 heteroatoms. The number of nitrogens with one attached hydrogen (secondary N) is 1. The minimum absolute atomic E-state index is 0. The molecule has 3 rings (SSSR count). The van der Waals surface area contributed by atoms with Crippen LogP contribution in [0, 0.1) is 0 Å². The van der Waals surface area contributed by atoms with Crippen LogP contribution in [0.15, 0.2) is 23.1 Å². The number of carbonyl (C=O) groups excluding carboxylic acids is 1. The van der Waals surface area contributed by atoms with Crippen LogP contribution >= 0.6 is 12.4 Å². The zero-order valence-corrected chi connectivity index (χ0v) is 15.3. The molecule has 0 aliphatic carbocycles. The average molecular weight is 375 g/mol. The molecule has 0 radical (unpaired) electrons. The maximum Gasteiger partial charge on any atom is 0.223 e. The van der Waals surface area contributed by atoms with Crippen LogP contribution in [0.25, 0.3) is 0 Å². The Labute approximate surface area is 150 Å². The first-order valence-electron chi connectivity index (χ1n) is 7.92. The predicted octanol–water partition coefficient (Wildman–Crippen LogP) is 1.20. The minimum atomic E-state index is -1.21. The van der Waals surface area contributed by atoms with Crippen LogP contribution in [-0.2, 0) is 15.6 Å². The summed E-state index contributed by atoms with van der Waals surface area (Å²) in [6.07, 6.45) is 0.299. The smallest absolute Gasteiger partial charge is 0.223 e. The molecule has 1 amide bonds. The molecule has 2 atom stereocenters. The van der Waals surface area contributed by atoms with E-state index in [0.29, 0.717) is 47.8 Å². The molecule has 0 aromatic heterocycles. The molecule has 1 fully saturated rings. The second-order valence-corrected chi connectivity index (χ2v) is 7.37. The van der Waals surface area contributed by atoms with E-state index in [1.165, 1.54) is 0 Å². The van der Waals surface area contributed by atoms with E-state index in [1.807, 2.05) is 4.90 Å². The van der Waals surface area contributed by atoms with Gasteiger partial charge in [0.05, 0.1) is 10.8 Å². The standard InChI is InChI=1S/C16H22N2O4S.ClH/c1-12-11-18(6-5-17-12)16(19)4-9-23(20)13-2-3-14-15(10-13)22-8-7-21-14;/h2-3,10,12,17H,4-9,11H2,1H3;1H. The lowest BCUT2D eigenvalue weighted by Gasteiger charge is -2.31. The van der Waals surface area contributed by atoms with Gasteiger partial charge in [-0.15, -0.1) is 12.4 Å². The van der Waals surface area contributed by atoms with Gasteiger partial charge in [-0.2, -0.15) is 0 Å². The van der Waals surface area contributed by atoms with Crippen molar-refractivity contribution in [1.82, 2.24) is 10.2 Å². The van der Waals surface area contributed by atoms with Gasteiger partial charge in [-0.25, -0.2) is 0 Å². The number of rotatable bonds is 4. The van der Waals surface area contributed by atoms with Crippen molar-refractivity contribution >= 4 is 29.1 Å². The molecular weight excluding hydrogens is 352 g/mol. The lowest BCUT2D eigenvalue weighted by molar-refractivity contribution is -0.131. The second kappa shape index (κ2) is 8.69. The van der Waals surface area contributed by atoms with Crippen molar-refractivity contribution in [3.05, 3.63) is 18.2 Å². The van der Waals surface area contributed by atoms with Gasteiger partial charge in [0, 0.05) is 48.8 Å². The number of amides is 1. The summed E-state index contributed by atoms with van der Waals surface area (Å²) >= 11 is 0. The molecule has 24 heavy (non-hydrogen) atoms. The fourth-order valence-electron chi connectivity index (χ4n) is 2.78. The van der Waals surface area contributed by atoms with Crippen LogP contribution in [-0.4, -0.2) is 59.7 Å². The fourth-order valence-corrected chi connectivity index (χ4v) is 3.83. The van der Waals surface area contributed by atoms with E-state index in [1.54, 1.807) is 18.2 Å². The van der Waals surface area contributed by atoms with Gasteiger partial charge in [-0.3, -0.25) is 9.00 Å². The number of fused-ring (bicyclic) bond motifs is 1. The molecular formula is C16H23ClN2O4S. The molecule has 2 heterocycles. The van der Waals surface area contributed by atoms with E-state index in [-0.39, 0.29) is 18.3 Å². The van der Waals surface area contributed by atoms with Crippen molar-refractivity contribution in [2.45, 2.75) is 24.3 Å². The fraction of sp³-hybridized carbons (Fsp3) is 0.562. The zero-order valence-electron chi connectivity index (χ0n) is 13.7. The number of piperazine rings is 1. The Balaban J connectivity index is 0.00000208. The molecule has 2 unspecified atom stereocenters. The van der Waals surface area contributed by atoms with Crippen LogP contribution in [0.2, 0.25) is 0 Å².